The van der Waals surface area contributed by atoms with E-state index in [2.05, 4.69) is 35.7 Å². The minimum absolute atomic E-state index is 0.429. The summed E-state index contributed by atoms with van der Waals surface area (Å²) >= 11 is 9.79. The molecule has 3 aromatic heterocycles. The highest BCUT2D eigenvalue weighted by atomic mass is 35.5. The summed E-state index contributed by atoms with van der Waals surface area (Å²) in [5.41, 5.74) is 3.26. The molecule has 29 heavy (non-hydrogen) atoms. The third-order valence-corrected chi connectivity index (χ3v) is 7.01. The van der Waals surface area contributed by atoms with E-state index < -0.39 is 0 Å². The van der Waals surface area contributed by atoms with Crippen LogP contribution in [-0.4, -0.2) is 16.4 Å². The maximum absolute atomic E-state index is 9.14. The summed E-state index contributed by atoms with van der Waals surface area (Å²) in [6, 6.07) is 16.0. The lowest BCUT2D eigenvalue weighted by Crippen LogP contribution is -2.02. The van der Waals surface area contributed by atoms with Crippen molar-refractivity contribution in [2.24, 2.45) is 0 Å². The van der Waals surface area contributed by atoms with Gasteiger partial charge in [0.15, 0.2) is 0 Å². The van der Waals surface area contributed by atoms with E-state index >= 15 is 0 Å². The number of halogens is 1. The molecule has 4 nitrogen and oxygen atoms in total. The van der Waals surface area contributed by atoms with Gasteiger partial charge >= 0.3 is 0 Å². The summed E-state index contributed by atoms with van der Waals surface area (Å²) in [4.78, 5) is 3.77. The van der Waals surface area contributed by atoms with Crippen LogP contribution in [0.25, 0.3) is 20.9 Å². The lowest BCUT2D eigenvalue weighted by Gasteiger charge is -2.06. The van der Waals surface area contributed by atoms with E-state index in [-0.39, 0.29) is 0 Å². The number of ether oxygens (including phenoxy) is 1. The molecular formula is C22H18ClN3OS2. The molecule has 0 radical (unpaired) electrons. The Labute approximate surface area is 182 Å². The smallest absolute Gasteiger partial charge is 0.241 e. The first-order valence-corrected chi connectivity index (χ1v) is 11.2. The molecule has 0 bridgehead atoms. The fourth-order valence-corrected chi connectivity index (χ4v) is 5.21. The number of nitrogens with zero attached hydrogens (tertiary/aromatic N) is 3. The first kappa shape index (κ1) is 19.7. The minimum Gasteiger partial charge on any atom is -0.476 e. The van der Waals surface area contributed by atoms with E-state index in [0.717, 1.165) is 16.8 Å². The molecule has 0 aliphatic heterocycles. The summed E-state index contributed by atoms with van der Waals surface area (Å²) in [5.74, 6) is 0.584. The van der Waals surface area contributed by atoms with Crippen LogP contribution in [0.2, 0.25) is 5.02 Å². The highest BCUT2D eigenvalue weighted by molar-refractivity contribution is 7.21. The van der Waals surface area contributed by atoms with Gasteiger partial charge in [0.05, 0.1) is 29.3 Å². The molecule has 0 fully saturated rings. The van der Waals surface area contributed by atoms with E-state index in [9.17, 15) is 0 Å². The molecule has 0 N–H and O–H groups in total. The van der Waals surface area contributed by atoms with E-state index in [1.54, 1.807) is 34.8 Å². The van der Waals surface area contributed by atoms with Crippen LogP contribution in [0.1, 0.15) is 23.1 Å². The van der Waals surface area contributed by atoms with E-state index in [0.29, 0.717) is 29.6 Å². The zero-order chi connectivity index (χ0) is 20.4. The van der Waals surface area contributed by atoms with Gasteiger partial charge in [-0.15, -0.1) is 27.8 Å². The minimum atomic E-state index is 0.429. The largest absolute Gasteiger partial charge is 0.476 e. The molecule has 0 atom stereocenters. The molecule has 4 aromatic rings. The van der Waals surface area contributed by atoms with Crippen LogP contribution < -0.4 is 4.74 Å². The van der Waals surface area contributed by atoms with Gasteiger partial charge in [-0.1, -0.05) is 23.7 Å². The van der Waals surface area contributed by atoms with Crippen LogP contribution in [0.3, 0.4) is 0 Å². The fourth-order valence-electron chi connectivity index (χ4n) is 3.17. The molecule has 0 spiro atoms. The molecule has 3 heterocycles. The van der Waals surface area contributed by atoms with Gasteiger partial charge in [-0.3, -0.25) is 4.68 Å². The number of thiophene rings is 2. The summed E-state index contributed by atoms with van der Waals surface area (Å²) in [5, 5.41) is 16.4. The topological polar surface area (TPSA) is 50.8 Å². The lowest BCUT2D eigenvalue weighted by atomic mass is 10.0. The molecule has 0 saturated carbocycles. The van der Waals surface area contributed by atoms with Gasteiger partial charge in [0.2, 0.25) is 5.88 Å². The highest BCUT2D eigenvalue weighted by Gasteiger charge is 2.19. The van der Waals surface area contributed by atoms with E-state index in [1.807, 2.05) is 24.6 Å². The predicted octanol–water partition coefficient (Wildman–Crippen LogP) is 6.62. The standard InChI is InChI=1S/C22H18ClN3OS2/c1-3-27-22-21(15-6-7-16(12-24)18(23)11-15)14(2)26(25-22)13-17-8-9-20(29-17)19-5-4-10-28-19/h4-11H,3,13H2,1-2H3. The Kier molecular flexibility index (Phi) is 5.72. The SMILES string of the molecule is CCOc1nn(Cc2ccc(-c3cccs3)s2)c(C)c1-c1ccc(C#N)c(Cl)c1. The van der Waals surface area contributed by atoms with Crippen LogP contribution in [0.15, 0.2) is 47.8 Å². The number of hydrogen-bond donors (Lipinski definition) is 0. The van der Waals surface area contributed by atoms with Crippen molar-refractivity contribution in [3.63, 3.8) is 0 Å². The lowest BCUT2D eigenvalue weighted by molar-refractivity contribution is 0.323. The van der Waals surface area contributed by atoms with E-state index in [1.165, 1.54) is 14.6 Å². The Balaban J connectivity index is 1.70. The Bertz CT molecular complexity index is 1190. The van der Waals surface area contributed by atoms with Gasteiger partial charge in [-0.25, -0.2) is 0 Å². The van der Waals surface area contributed by atoms with Crippen LogP contribution >= 0.6 is 34.3 Å². The summed E-state index contributed by atoms with van der Waals surface area (Å²) in [6.07, 6.45) is 0. The first-order chi connectivity index (χ1) is 14.1. The van der Waals surface area contributed by atoms with Crippen molar-refractivity contribution in [2.75, 3.05) is 6.61 Å². The van der Waals surface area contributed by atoms with Crippen LogP contribution in [-0.2, 0) is 6.54 Å². The van der Waals surface area contributed by atoms with Crippen molar-refractivity contribution in [1.82, 2.24) is 9.78 Å². The zero-order valence-corrected chi connectivity index (χ0v) is 18.4. The van der Waals surface area contributed by atoms with Crippen molar-refractivity contribution in [3.05, 3.63) is 69.0 Å². The molecule has 0 unspecified atom stereocenters. The number of rotatable bonds is 6. The predicted molar refractivity (Wildman–Crippen MR) is 120 cm³/mol. The maximum atomic E-state index is 9.14. The van der Waals surface area contributed by atoms with Crippen LogP contribution in [0.4, 0.5) is 0 Å². The van der Waals surface area contributed by atoms with Crippen molar-refractivity contribution in [2.45, 2.75) is 20.4 Å². The van der Waals surface area contributed by atoms with Gasteiger partial charge < -0.3 is 4.74 Å². The molecule has 0 aliphatic carbocycles. The third kappa shape index (κ3) is 3.95. The second-order valence-corrected chi connectivity index (χ2v) is 8.93. The maximum Gasteiger partial charge on any atom is 0.241 e. The van der Waals surface area contributed by atoms with Gasteiger partial charge in [-0.2, -0.15) is 5.26 Å². The Morgan fingerprint density at radius 2 is 2.07 bits per heavy atom. The zero-order valence-electron chi connectivity index (χ0n) is 16.0. The average molecular weight is 440 g/mol. The molecule has 4 rings (SSSR count). The van der Waals surface area contributed by atoms with Gasteiger partial charge in [0, 0.05) is 20.3 Å². The van der Waals surface area contributed by atoms with Gasteiger partial charge in [0.25, 0.3) is 0 Å². The van der Waals surface area contributed by atoms with Gasteiger partial charge in [0.1, 0.15) is 6.07 Å². The Morgan fingerprint density at radius 3 is 2.76 bits per heavy atom. The van der Waals surface area contributed by atoms with Crippen LogP contribution in [0.5, 0.6) is 5.88 Å². The molecule has 7 heteroatoms. The average Bonchev–Trinajstić information content (AvgIpc) is 3.44. The molecule has 1 aromatic carbocycles. The number of aromatic nitrogens is 2. The van der Waals surface area contributed by atoms with Crippen molar-refractivity contribution < 1.29 is 4.74 Å². The molecule has 0 saturated heterocycles. The molecule has 0 amide bonds. The highest BCUT2D eigenvalue weighted by Crippen LogP contribution is 2.36. The summed E-state index contributed by atoms with van der Waals surface area (Å²) in [6.45, 7) is 5.17. The second kappa shape index (κ2) is 8.42. The molecule has 146 valence electrons. The number of nitriles is 1. The third-order valence-electron chi connectivity index (χ3n) is 4.56. The van der Waals surface area contributed by atoms with Crippen molar-refractivity contribution >= 4 is 34.3 Å². The Morgan fingerprint density at radius 1 is 1.21 bits per heavy atom. The number of hydrogen-bond acceptors (Lipinski definition) is 5. The first-order valence-electron chi connectivity index (χ1n) is 9.13. The normalized spacial score (nSPS) is 10.8. The van der Waals surface area contributed by atoms with E-state index in [4.69, 9.17) is 26.7 Å². The number of benzene rings is 1. The summed E-state index contributed by atoms with van der Waals surface area (Å²) < 4.78 is 7.78. The van der Waals surface area contributed by atoms with Crippen molar-refractivity contribution in [1.29, 1.82) is 5.26 Å². The monoisotopic (exact) mass is 439 g/mol. The molecular weight excluding hydrogens is 422 g/mol. The summed E-state index contributed by atoms with van der Waals surface area (Å²) in [7, 11) is 0. The molecule has 0 aliphatic rings. The Hall–Kier alpha value is -2.59. The van der Waals surface area contributed by atoms with Gasteiger partial charge in [-0.05, 0) is 55.1 Å². The quantitative estimate of drug-likeness (QED) is 0.339. The fraction of sp³-hybridized carbons (Fsp3) is 0.182. The van der Waals surface area contributed by atoms with Crippen molar-refractivity contribution in [3.8, 4) is 32.8 Å². The van der Waals surface area contributed by atoms with Crippen LogP contribution in [0, 0.1) is 18.3 Å². The second-order valence-electron chi connectivity index (χ2n) is 6.41.